The number of halogens is 1. The lowest BCUT2D eigenvalue weighted by molar-refractivity contribution is -0.122. The Balaban J connectivity index is 2.24. The minimum atomic E-state index is 0.122. The Kier molecular flexibility index (Phi) is 3.34. The Morgan fingerprint density at radius 3 is 2.94 bits per heavy atom. The van der Waals surface area contributed by atoms with Crippen molar-refractivity contribution in [1.29, 1.82) is 0 Å². The molecule has 0 bridgehead atoms. The molecule has 0 radical (unpaired) electrons. The zero-order valence-electron chi connectivity index (χ0n) is 9.13. The van der Waals surface area contributed by atoms with Crippen molar-refractivity contribution in [3.05, 3.63) is 28.8 Å². The summed E-state index contributed by atoms with van der Waals surface area (Å²) in [5, 5.41) is 3.57. The number of nitrogens with one attached hydrogen (secondary N) is 1. The van der Waals surface area contributed by atoms with Crippen molar-refractivity contribution < 1.29 is 9.53 Å². The second-order valence-electron chi connectivity index (χ2n) is 3.93. The van der Waals surface area contributed by atoms with Gasteiger partial charge >= 0.3 is 0 Å². The van der Waals surface area contributed by atoms with Crippen molar-refractivity contribution in [2.75, 3.05) is 13.7 Å². The topological polar surface area (TPSA) is 38.3 Å². The number of hydrogen-bond acceptors (Lipinski definition) is 2. The summed E-state index contributed by atoms with van der Waals surface area (Å²) in [6.07, 6.45) is 1.42. The van der Waals surface area contributed by atoms with Gasteiger partial charge in [0.05, 0.1) is 7.11 Å². The Labute approximate surface area is 99.7 Å². The van der Waals surface area contributed by atoms with Gasteiger partial charge in [-0.05, 0) is 24.6 Å². The molecule has 16 heavy (non-hydrogen) atoms. The molecule has 1 N–H and O–H groups in total. The minimum absolute atomic E-state index is 0.122. The fourth-order valence-electron chi connectivity index (χ4n) is 2.02. The van der Waals surface area contributed by atoms with Gasteiger partial charge in [0.1, 0.15) is 5.75 Å². The fraction of sp³-hybridized carbons (Fsp3) is 0.417. The summed E-state index contributed by atoms with van der Waals surface area (Å²) in [7, 11) is 1.65. The lowest BCUT2D eigenvalue weighted by atomic mass is 9.91. The normalized spacial score (nSPS) is 20.4. The first-order valence-corrected chi connectivity index (χ1v) is 5.68. The van der Waals surface area contributed by atoms with E-state index < -0.39 is 0 Å². The number of ether oxygens (including phenoxy) is 1. The molecular formula is C12H14ClNO2. The molecule has 4 heteroatoms. The third-order valence-electron chi connectivity index (χ3n) is 2.90. The Bertz CT molecular complexity index is 396. The Morgan fingerprint density at radius 2 is 2.31 bits per heavy atom. The standard InChI is InChI=1S/C12H14ClNO2/c1-16-11-4-3-9(13)6-10(11)8-2-5-12(15)14-7-8/h3-4,6,8H,2,5,7H2,1H3,(H,14,15). The maximum atomic E-state index is 11.1. The van der Waals surface area contributed by atoms with Crippen molar-refractivity contribution in [2.45, 2.75) is 18.8 Å². The van der Waals surface area contributed by atoms with Gasteiger partial charge in [0, 0.05) is 29.5 Å². The van der Waals surface area contributed by atoms with E-state index in [1.807, 2.05) is 18.2 Å². The van der Waals surface area contributed by atoms with Gasteiger partial charge in [0.2, 0.25) is 5.91 Å². The molecule has 3 nitrogen and oxygen atoms in total. The van der Waals surface area contributed by atoms with Crippen molar-refractivity contribution in [1.82, 2.24) is 5.32 Å². The van der Waals surface area contributed by atoms with Crippen LogP contribution in [0.1, 0.15) is 24.3 Å². The number of piperidine rings is 1. The van der Waals surface area contributed by atoms with E-state index in [0.717, 1.165) is 17.7 Å². The second kappa shape index (κ2) is 4.74. The van der Waals surface area contributed by atoms with Crippen LogP contribution in [0.15, 0.2) is 18.2 Å². The van der Waals surface area contributed by atoms with Gasteiger partial charge in [0.15, 0.2) is 0 Å². The van der Waals surface area contributed by atoms with Crippen LogP contribution in [0, 0.1) is 0 Å². The number of hydrogen-bond donors (Lipinski definition) is 1. The molecule has 1 fully saturated rings. The van der Waals surface area contributed by atoms with Gasteiger partial charge in [-0.2, -0.15) is 0 Å². The van der Waals surface area contributed by atoms with Crippen molar-refractivity contribution in [2.24, 2.45) is 0 Å². The smallest absolute Gasteiger partial charge is 0.220 e. The third-order valence-corrected chi connectivity index (χ3v) is 3.13. The van der Waals surface area contributed by atoms with E-state index in [9.17, 15) is 4.79 Å². The van der Waals surface area contributed by atoms with Crippen LogP contribution in [0.4, 0.5) is 0 Å². The molecule has 2 rings (SSSR count). The molecule has 0 saturated carbocycles. The maximum Gasteiger partial charge on any atom is 0.220 e. The van der Waals surface area contributed by atoms with Gasteiger partial charge in [-0.1, -0.05) is 11.6 Å². The SMILES string of the molecule is COc1ccc(Cl)cc1C1CCC(=O)NC1. The molecule has 1 aliphatic heterocycles. The van der Waals surface area contributed by atoms with E-state index in [1.165, 1.54) is 0 Å². The summed E-state index contributed by atoms with van der Waals surface area (Å²) < 4.78 is 5.31. The summed E-state index contributed by atoms with van der Waals surface area (Å²) in [5.74, 6) is 1.26. The van der Waals surface area contributed by atoms with Gasteiger partial charge < -0.3 is 10.1 Å². The van der Waals surface area contributed by atoms with Crippen LogP contribution >= 0.6 is 11.6 Å². The lowest BCUT2D eigenvalue weighted by Crippen LogP contribution is -2.33. The van der Waals surface area contributed by atoms with E-state index in [2.05, 4.69) is 5.32 Å². The van der Waals surface area contributed by atoms with E-state index in [-0.39, 0.29) is 5.91 Å². The largest absolute Gasteiger partial charge is 0.496 e. The zero-order valence-corrected chi connectivity index (χ0v) is 9.88. The third kappa shape index (κ3) is 2.30. The highest BCUT2D eigenvalue weighted by molar-refractivity contribution is 6.30. The summed E-state index contributed by atoms with van der Waals surface area (Å²) in [6.45, 7) is 0.662. The van der Waals surface area contributed by atoms with Crippen LogP contribution in [0.3, 0.4) is 0 Å². The quantitative estimate of drug-likeness (QED) is 0.860. The van der Waals surface area contributed by atoms with Crippen LogP contribution < -0.4 is 10.1 Å². The molecule has 1 unspecified atom stereocenters. The average molecular weight is 240 g/mol. The first-order valence-electron chi connectivity index (χ1n) is 5.31. The molecule has 86 valence electrons. The van der Waals surface area contributed by atoms with Crippen LogP contribution in [0.5, 0.6) is 5.75 Å². The van der Waals surface area contributed by atoms with E-state index in [4.69, 9.17) is 16.3 Å². The van der Waals surface area contributed by atoms with Crippen LogP contribution in [0.2, 0.25) is 5.02 Å². The predicted octanol–water partition coefficient (Wildman–Crippen LogP) is 2.34. The van der Waals surface area contributed by atoms with Crippen molar-refractivity contribution >= 4 is 17.5 Å². The predicted molar refractivity (Wildman–Crippen MR) is 63.0 cm³/mol. The van der Waals surface area contributed by atoms with E-state index in [1.54, 1.807) is 7.11 Å². The number of carbonyl (C=O) groups is 1. The highest BCUT2D eigenvalue weighted by Gasteiger charge is 2.22. The zero-order chi connectivity index (χ0) is 11.5. The number of rotatable bonds is 2. The molecular weight excluding hydrogens is 226 g/mol. The highest BCUT2D eigenvalue weighted by Crippen LogP contribution is 2.33. The van der Waals surface area contributed by atoms with Gasteiger partial charge in [-0.15, -0.1) is 0 Å². The monoisotopic (exact) mass is 239 g/mol. The summed E-state index contributed by atoms with van der Waals surface area (Å²) in [5.41, 5.74) is 1.08. The van der Waals surface area contributed by atoms with Crippen molar-refractivity contribution in [3.8, 4) is 5.75 Å². The number of carbonyl (C=O) groups excluding carboxylic acids is 1. The summed E-state index contributed by atoms with van der Waals surface area (Å²) in [6, 6.07) is 5.60. The second-order valence-corrected chi connectivity index (χ2v) is 4.36. The fourth-order valence-corrected chi connectivity index (χ4v) is 2.20. The number of methoxy groups -OCH3 is 1. The van der Waals surface area contributed by atoms with Crippen LogP contribution in [0.25, 0.3) is 0 Å². The van der Waals surface area contributed by atoms with Crippen molar-refractivity contribution in [3.63, 3.8) is 0 Å². The van der Waals surface area contributed by atoms with Gasteiger partial charge in [-0.3, -0.25) is 4.79 Å². The molecule has 1 aliphatic rings. The Morgan fingerprint density at radius 1 is 1.50 bits per heavy atom. The van der Waals surface area contributed by atoms with E-state index in [0.29, 0.717) is 23.9 Å². The molecule has 0 aromatic heterocycles. The molecule has 1 saturated heterocycles. The minimum Gasteiger partial charge on any atom is -0.496 e. The molecule has 1 aromatic carbocycles. The molecule has 1 amide bonds. The molecule has 0 spiro atoms. The van der Waals surface area contributed by atoms with Crippen LogP contribution in [-0.2, 0) is 4.79 Å². The van der Waals surface area contributed by atoms with Crippen LogP contribution in [-0.4, -0.2) is 19.6 Å². The molecule has 1 heterocycles. The maximum absolute atomic E-state index is 11.1. The van der Waals surface area contributed by atoms with Gasteiger partial charge in [0.25, 0.3) is 0 Å². The molecule has 1 aromatic rings. The molecule has 1 atom stereocenters. The number of benzene rings is 1. The molecule has 0 aliphatic carbocycles. The Hall–Kier alpha value is -1.22. The lowest BCUT2D eigenvalue weighted by Gasteiger charge is -2.24. The first-order chi connectivity index (χ1) is 7.70. The average Bonchev–Trinajstić information content (AvgIpc) is 2.30. The summed E-state index contributed by atoms with van der Waals surface area (Å²) >= 11 is 5.98. The van der Waals surface area contributed by atoms with E-state index >= 15 is 0 Å². The van der Waals surface area contributed by atoms with Gasteiger partial charge in [-0.25, -0.2) is 0 Å². The highest BCUT2D eigenvalue weighted by atomic mass is 35.5. The summed E-state index contributed by atoms with van der Waals surface area (Å²) in [4.78, 5) is 11.1. The first kappa shape index (κ1) is 11.3. The number of amides is 1.